The van der Waals surface area contributed by atoms with Crippen molar-refractivity contribution in [1.29, 1.82) is 0 Å². The molecule has 0 bridgehead atoms. The van der Waals surface area contributed by atoms with E-state index in [2.05, 4.69) is 119 Å². The predicted molar refractivity (Wildman–Crippen MR) is 171 cm³/mol. The highest BCUT2D eigenvalue weighted by molar-refractivity contribution is 7.25. The second-order valence-corrected chi connectivity index (χ2v) is 11.6. The Hall–Kier alpha value is -4.54. The highest BCUT2D eigenvalue weighted by Gasteiger charge is 2.25. The second kappa shape index (κ2) is 9.58. The van der Waals surface area contributed by atoms with Crippen LogP contribution < -0.4 is 10.2 Å². The third-order valence-corrected chi connectivity index (χ3v) is 9.17. The van der Waals surface area contributed by atoms with E-state index in [4.69, 9.17) is 4.42 Å². The van der Waals surface area contributed by atoms with E-state index in [-0.39, 0.29) is 6.04 Å². The molecule has 0 amide bonds. The molecule has 3 nitrogen and oxygen atoms in total. The summed E-state index contributed by atoms with van der Waals surface area (Å²) in [6.45, 7) is 0. The summed E-state index contributed by atoms with van der Waals surface area (Å²) in [6, 6.07) is 30.5. The van der Waals surface area contributed by atoms with Crippen molar-refractivity contribution in [3.8, 4) is 0 Å². The average molecular weight is 537 g/mol. The smallest absolute Gasteiger partial charge is 0.158 e. The molecular formula is C36H28N2OS. The SMILES string of the molecule is C1=CCCC(N(c2ccc3c(c2)sc2ccccc23)C2C=CC=C(Nc3cccc4c3oc3ccccc34)C2)=C1. The van der Waals surface area contributed by atoms with Crippen molar-refractivity contribution in [2.45, 2.75) is 25.3 Å². The standard InChI is InChI=1S/C36H28N2OS/c1-2-11-25(12-3-1)38(27-20-21-30-29-15-5-7-19-34(29)40-35(30)23-27)26-13-8-10-24(22-26)37-32-17-9-16-31-28-14-4-6-18-33(28)39-36(31)32/h1-2,4-11,13-21,23,26,37H,3,12,22H2. The maximum atomic E-state index is 6.30. The van der Waals surface area contributed by atoms with Gasteiger partial charge in [0, 0.05) is 54.4 Å². The van der Waals surface area contributed by atoms with Crippen LogP contribution in [0.25, 0.3) is 42.1 Å². The maximum Gasteiger partial charge on any atom is 0.158 e. The lowest BCUT2D eigenvalue weighted by atomic mass is 9.99. The number of benzene rings is 4. The Morgan fingerprint density at radius 3 is 2.55 bits per heavy atom. The molecule has 2 heterocycles. The van der Waals surface area contributed by atoms with Gasteiger partial charge >= 0.3 is 0 Å². The largest absolute Gasteiger partial charge is 0.454 e. The van der Waals surface area contributed by atoms with Crippen molar-refractivity contribution >= 4 is 64.8 Å². The van der Waals surface area contributed by atoms with Gasteiger partial charge < -0.3 is 14.6 Å². The molecule has 2 aliphatic rings. The molecule has 1 unspecified atom stereocenters. The molecule has 4 aromatic carbocycles. The average Bonchev–Trinajstić information content (AvgIpc) is 3.57. The summed E-state index contributed by atoms with van der Waals surface area (Å²) in [5.74, 6) is 0. The van der Waals surface area contributed by atoms with E-state index in [1.54, 1.807) is 0 Å². The molecule has 40 heavy (non-hydrogen) atoms. The number of fused-ring (bicyclic) bond motifs is 6. The van der Waals surface area contributed by atoms with Crippen LogP contribution in [0, 0.1) is 0 Å². The van der Waals surface area contributed by atoms with Crippen LogP contribution in [0.2, 0.25) is 0 Å². The Balaban J connectivity index is 1.15. The normalized spacial score (nSPS) is 17.1. The van der Waals surface area contributed by atoms with E-state index in [0.29, 0.717) is 0 Å². The molecule has 1 atom stereocenters. The first-order valence-corrected chi connectivity index (χ1v) is 14.7. The summed E-state index contributed by atoms with van der Waals surface area (Å²) < 4.78 is 8.97. The first-order chi connectivity index (χ1) is 19.8. The molecule has 6 aromatic rings. The van der Waals surface area contributed by atoms with Crippen molar-refractivity contribution < 1.29 is 4.42 Å². The number of furan rings is 1. The number of nitrogens with zero attached hydrogens (tertiary/aromatic N) is 1. The minimum Gasteiger partial charge on any atom is -0.454 e. The molecule has 194 valence electrons. The van der Waals surface area contributed by atoms with Gasteiger partial charge in [0.1, 0.15) is 5.58 Å². The molecule has 4 heteroatoms. The van der Waals surface area contributed by atoms with Gasteiger partial charge in [-0.15, -0.1) is 11.3 Å². The summed E-state index contributed by atoms with van der Waals surface area (Å²) in [4.78, 5) is 2.54. The van der Waals surface area contributed by atoms with E-state index in [1.807, 2.05) is 23.5 Å². The molecule has 0 aliphatic heterocycles. The molecule has 1 N–H and O–H groups in total. The highest BCUT2D eigenvalue weighted by atomic mass is 32.1. The van der Waals surface area contributed by atoms with E-state index < -0.39 is 0 Å². The minimum atomic E-state index is 0.201. The lowest BCUT2D eigenvalue weighted by molar-refractivity contribution is 0.669. The zero-order valence-electron chi connectivity index (χ0n) is 22.0. The van der Waals surface area contributed by atoms with Crippen molar-refractivity contribution in [2.75, 3.05) is 10.2 Å². The number of allylic oxidation sites excluding steroid dienone is 6. The van der Waals surface area contributed by atoms with Crippen LogP contribution in [-0.2, 0) is 0 Å². The van der Waals surface area contributed by atoms with E-state index in [9.17, 15) is 0 Å². The highest BCUT2D eigenvalue weighted by Crippen LogP contribution is 2.39. The topological polar surface area (TPSA) is 28.4 Å². The Morgan fingerprint density at radius 2 is 1.62 bits per heavy atom. The fourth-order valence-electron chi connectivity index (χ4n) is 6.18. The first-order valence-electron chi connectivity index (χ1n) is 13.9. The Morgan fingerprint density at radius 1 is 0.775 bits per heavy atom. The summed E-state index contributed by atoms with van der Waals surface area (Å²) in [7, 11) is 0. The third-order valence-electron chi connectivity index (χ3n) is 8.03. The van der Waals surface area contributed by atoms with Gasteiger partial charge in [-0.05, 0) is 55.3 Å². The van der Waals surface area contributed by atoms with Crippen molar-refractivity contribution in [2.24, 2.45) is 0 Å². The Labute approximate surface area is 237 Å². The summed E-state index contributed by atoms with van der Waals surface area (Å²) >= 11 is 1.88. The summed E-state index contributed by atoms with van der Waals surface area (Å²) in [6.07, 6.45) is 16.4. The fourth-order valence-corrected chi connectivity index (χ4v) is 7.31. The van der Waals surface area contributed by atoms with Gasteiger partial charge in [0.25, 0.3) is 0 Å². The van der Waals surface area contributed by atoms with E-state index >= 15 is 0 Å². The van der Waals surface area contributed by atoms with Gasteiger partial charge in [-0.3, -0.25) is 0 Å². The van der Waals surface area contributed by atoms with Gasteiger partial charge in [0.05, 0.1) is 11.7 Å². The van der Waals surface area contributed by atoms with Crippen LogP contribution in [0.3, 0.4) is 0 Å². The lowest BCUT2D eigenvalue weighted by Gasteiger charge is -2.36. The van der Waals surface area contributed by atoms with Gasteiger partial charge in [0.2, 0.25) is 0 Å². The maximum absolute atomic E-state index is 6.30. The van der Waals surface area contributed by atoms with Crippen molar-refractivity contribution in [3.05, 3.63) is 133 Å². The lowest BCUT2D eigenvalue weighted by Crippen LogP contribution is -2.35. The number of thiophene rings is 1. The number of hydrogen-bond acceptors (Lipinski definition) is 4. The van der Waals surface area contributed by atoms with E-state index in [1.165, 1.54) is 37.3 Å². The minimum absolute atomic E-state index is 0.201. The van der Waals surface area contributed by atoms with Crippen LogP contribution >= 0.6 is 11.3 Å². The zero-order chi connectivity index (χ0) is 26.5. The van der Waals surface area contributed by atoms with Crippen molar-refractivity contribution in [1.82, 2.24) is 0 Å². The van der Waals surface area contributed by atoms with Crippen LogP contribution in [0.4, 0.5) is 11.4 Å². The summed E-state index contributed by atoms with van der Waals surface area (Å²) in [5.41, 5.74) is 6.62. The zero-order valence-corrected chi connectivity index (χ0v) is 22.8. The molecule has 2 aliphatic carbocycles. The molecule has 8 rings (SSSR count). The number of anilines is 2. The molecule has 0 radical (unpaired) electrons. The van der Waals surface area contributed by atoms with E-state index in [0.717, 1.165) is 46.9 Å². The van der Waals surface area contributed by atoms with Gasteiger partial charge in [-0.2, -0.15) is 0 Å². The quantitative estimate of drug-likeness (QED) is 0.238. The molecule has 0 spiro atoms. The van der Waals surface area contributed by atoms with Crippen molar-refractivity contribution in [3.63, 3.8) is 0 Å². The predicted octanol–water partition coefficient (Wildman–Crippen LogP) is 10.3. The molecule has 0 saturated carbocycles. The number of para-hydroxylation sites is 2. The molecular weight excluding hydrogens is 508 g/mol. The summed E-state index contributed by atoms with van der Waals surface area (Å²) in [5, 5.41) is 8.69. The van der Waals surface area contributed by atoms with Crippen LogP contribution in [0.15, 0.2) is 137 Å². The Bertz CT molecular complexity index is 2040. The van der Waals surface area contributed by atoms with Gasteiger partial charge in [-0.25, -0.2) is 0 Å². The fraction of sp³-hybridized carbons (Fsp3) is 0.111. The van der Waals surface area contributed by atoms with Crippen LogP contribution in [0.5, 0.6) is 0 Å². The molecule has 0 saturated heterocycles. The number of rotatable bonds is 5. The number of nitrogens with one attached hydrogen (secondary N) is 1. The third kappa shape index (κ3) is 3.95. The van der Waals surface area contributed by atoms with Gasteiger partial charge in [-0.1, -0.05) is 78.9 Å². The first kappa shape index (κ1) is 23.4. The Kier molecular flexibility index (Phi) is 5.59. The monoisotopic (exact) mass is 536 g/mol. The van der Waals surface area contributed by atoms with Gasteiger partial charge in [0.15, 0.2) is 5.58 Å². The van der Waals surface area contributed by atoms with Crippen LogP contribution in [-0.4, -0.2) is 6.04 Å². The molecule has 0 fully saturated rings. The second-order valence-electron chi connectivity index (χ2n) is 10.5. The number of hydrogen-bond donors (Lipinski definition) is 1. The van der Waals surface area contributed by atoms with Crippen LogP contribution in [0.1, 0.15) is 19.3 Å². The molecule has 2 aromatic heterocycles.